The molecule has 1 N–H and O–H groups in total. The Balaban J connectivity index is 1.22. The minimum Gasteiger partial charge on any atom is -0.495 e. The highest BCUT2D eigenvalue weighted by Crippen LogP contribution is 2.30. The third kappa shape index (κ3) is 5.48. The van der Waals surface area contributed by atoms with E-state index in [1.165, 1.54) is 0 Å². The molecule has 0 unspecified atom stereocenters. The highest BCUT2D eigenvalue weighted by Gasteiger charge is 2.22. The molecule has 1 fully saturated rings. The van der Waals surface area contributed by atoms with Crippen LogP contribution in [0.1, 0.15) is 11.1 Å². The fourth-order valence-electron chi connectivity index (χ4n) is 5.11. The number of hydrogen-bond acceptors (Lipinski definition) is 10. The van der Waals surface area contributed by atoms with Gasteiger partial charge in [-0.05, 0) is 42.0 Å². The number of para-hydroxylation sites is 2. The first-order valence-electron chi connectivity index (χ1n) is 13.5. The summed E-state index contributed by atoms with van der Waals surface area (Å²) in [5.74, 6) is 3.97. The van der Waals surface area contributed by atoms with E-state index in [9.17, 15) is 0 Å². The Kier molecular flexibility index (Phi) is 7.59. The maximum atomic E-state index is 5.60. The van der Waals surface area contributed by atoms with E-state index in [1.54, 1.807) is 32.1 Å². The van der Waals surface area contributed by atoms with Gasteiger partial charge in [0.05, 0.1) is 33.3 Å². The van der Waals surface area contributed by atoms with Gasteiger partial charge in [-0.15, -0.1) is 5.10 Å². The second-order valence-electron chi connectivity index (χ2n) is 9.73. The summed E-state index contributed by atoms with van der Waals surface area (Å²) in [5, 5.41) is 8.16. The topological polar surface area (TPSA) is 102 Å². The lowest BCUT2D eigenvalue weighted by Gasteiger charge is -2.36. The van der Waals surface area contributed by atoms with Crippen LogP contribution >= 0.6 is 0 Å². The maximum absolute atomic E-state index is 5.60. The van der Waals surface area contributed by atoms with E-state index in [0.717, 1.165) is 54.4 Å². The van der Waals surface area contributed by atoms with Crippen molar-refractivity contribution in [2.45, 2.75) is 13.1 Å². The predicted octanol–water partition coefficient (Wildman–Crippen LogP) is 4.34. The molecule has 3 aromatic heterocycles. The van der Waals surface area contributed by atoms with Crippen molar-refractivity contribution >= 4 is 17.3 Å². The van der Waals surface area contributed by atoms with Gasteiger partial charge in [-0.1, -0.05) is 18.2 Å². The normalized spacial score (nSPS) is 13.9. The van der Waals surface area contributed by atoms with Crippen molar-refractivity contribution in [2.24, 2.45) is 0 Å². The number of rotatable bonds is 10. The Morgan fingerprint density at radius 1 is 0.878 bits per heavy atom. The predicted molar refractivity (Wildman–Crippen MR) is 156 cm³/mol. The smallest absolute Gasteiger partial charge is 0.226 e. The number of hydrogen-bond donors (Lipinski definition) is 1. The highest BCUT2D eigenvalue weighted by atomic mass is 16.5. The zero-order valence-electron chi connectivity index (χ0n) is 23.4. The van der Waals surface area contributed by atoms with Crippen LogP contribution in [0.4, 0.5) is 11.6 Å². The minimum absolute atomic E-state index is 0.513. The first-order valence-corrected chi connectivity index (χ1v) is 13.5. The van der Waals surface area contributed by atoms with Crippen molar-refractivity contribution < 1.29 is 18.6 Å². The third-order valence-corrected chi connectivity index (χ3v) is 7.27. The first kappa shape index (κ1) is 26.5. The molecule has 11 heteroatoms. The average Bonchev–Trinajstić information content (AvgIpc) is 3.72. The lowest BCUT2D eigenvalue weighted by atomic mass is 10.2. The van der Waals surface area contributed by atoms with E-state index < -0.39 is 0 Å². The Morgan fingerprint density at radius 3 is 2.44 bits per heavy atom. The van der Waals surface area contributed by atoms with Crippen molar-refractivity contribution in [2.75, 3.05) is 57.7 Å². The molecule has 5 aromatic rings. The van der Waals surface area contributed by atoms with Crippen LogP contribution in [-0.4, -0.2) is 72.0 Å². The fourth-order valence-corrected chi connectivity index (χ4v) is 5.11. The van der Waals surface area contributed by atoms with Crippen molar-refractivity contribution in [1.29, 1.82) is 0 Å². The van der Waals surface area contributed by atoms with Gasteiger partial charge in [0, 0.05) is 51.0 Å². The average molecular weight is 556 g/mol. The molecule has 0 radical (unpaired) electrons. The van der Waals surface area contributed by atoms with Gasteiger partial charge in [0.2, 0.25) is 11.8 Å². The maximum Gasteiger partial charge on any atom is 0.226 e. The molecule has 4 heterocycles. The molecule has 2 aromatic carbocycles. The van der Waals surface area contributed by atoms with Crippen LogP contribution in [0.2, 0.25) is 0 Å². The number of fused-ring (bicyclic) bond motifs is 1. The number of furan rings is 1. The summed E-state index contributed by atoms with van der Waals surface area (Å²) in [6, 6.07) is 17.7. The van der Waals surface area contributed by atoms with E-state index in [4.69, 9.17) is 33.7 Å². The molecule has 0 atom stereocenters. The molecule has 212 valence electrons. The van der Waals surface area contributed by atoms with Crippen LogP contribution in [0.15, 0.2) is 71.5 Å². The second kappa shape index (κ2) is 11.8. The van der Waals surface area contributed by atoms with Gasteiger partial charge < -0.3 is 28.8 Å². The number of aromatic nitrogens is 4. The number of nitrogens with zero attached hydrogens (tertiary/aromatic N) is 6. The molecule has 11 nitrogen and oxygen atoms in total. The van der Waals surface area contributed by atoms with Crippen molar-refractivity contribution in [3.63, 3.8) is 0 Å². The second-order valence-corrected chi connectivity index (χ2v) is 9.73. The standard InChI is InChI=1S/C30H33N7O4/c1-38-24-8-5-4-7-23(24)36-14-12-35(13-15-36)20-22-19-32-30(31-18-21-10-11-25(39-2)27(17-21)40-3)37-29(22)33-28(34-37)26-9-6-16-41-26/h4-11,16-17,19H,12-15,18,20H2,1-3H3,(H,31,32). The molecule has 0 amide bonds. The Hall–Kier alpha value is -4.77. The van der Waals surface area contributed by atoms with Crippen LogP contribution in [0.5, 0.6) is 17.2 Å². The lowest BCUT2D eigenvalue weighted by molar-refractivity contribution is 0.249. The number of ether oxygens (including phenoxy) is 3. The van der Waals surface area contributed by atoms with Crippen LogP contribution in [0.25, 0.3) is 17.2 Å². The summed E-state index contributed by atoms with van der Waals surface area (Å²) in [4.78, 5) is 14.4. The van der Waals surface area contributed by atoms with Gasteiger partial charge in [-0.25, -0.2) is 9.97 Å². The summed E-state index contributed by atoms with van der Waals surface area (Å²) in [7, 11) is 4.97. The molecular weight excluding hydrogens is 522 g/mol. The van der Waals surface area contributed by atoms with Gasteiger partial charge in [0.15, 0.2) is 22.9 Å². The van der Waals surface area contributed by atoms with Gasteiger partial charge in [0.25, 0.3) is 0 Å². The zero-order valence-corrected chi connectivity index (χ0v) is 23.4. The number of piperazine rings is 1. The quantitative estimate of drug-likeness (QED) is 0.268. The van der Waals surface area contributed by atoms with Crippen molar-refractivity contribution in [3.05, 3.63) is 78.2 Å². The van der Waals surface area contributed by atoms with Gasteiger partial charge in [0.1, 0.15) is 5.75 Å². The van der Waals surface area contributed by atoms with Crippen LogP contribution in [0, 0.1) is 0 Å². The van der Waals surface area contributed by atoms with Gasteiger partial charge in [-0.2, -0.15) is 4.52 Å². The summed E-state index contributed by atoms with van der Waals surface area (Å²) in [6.45, 7) is 4.84. The van der Waals surface area contributed by atoms with E-state index in [-0.39, 0.29) is 0 Å². The number of methoxy groups -OCH3 is 3. The first-order chi connectivity index (χ1) is 20.2. The van der Waals surface area contributed by atoms with Crippen LogP contribution in [-0.2, 0) is 13.1 Å². The minimum atomic E-state index is 0.513. The van der Waals surface area contributed by atoms with Crippen molar-refractivity contribution in [3.8, 4) is 28.8 Å². The zero-order chi connectivity index (χ0) is 28.2. The summed E-state index contributed by atoms with van der Waals surface area (Å²) in [6.07, 6.45) is 3.51. The number of nitrogens with one attached hydrogen (secondary N) is 1. The number of benzene rings is 2. The van der Waals surface area contributed by atoms with Crippen LogP contribution in [0.3, 0.4) is 0 Å². The fraction of sp³-hybridized carbons (Fsp3) is 0.300. The summed E-state index contributed by atoms with van der Waals surface area (Å²) >= 11 is 0. The van der Waals surface area contributed by atoms with Gasteiger partial charge in [-0.3, -0.25) is 4.90 Å². The van der Waals surface area contributed by atoms with Crippen LogP contribution < -0.4 is 24.4 Å². The molecule has 1 aliphatic heterocycles. The molecule has 41 heavy (non-hydrogen) atoms. The Labute approximate surface area is 238 Å². The molecule has 0 aliphatic carbocycles. The Bertz CT molecular complexity index is 1610. The molecule has 1 saturated heterocycles. The van der Waals surface area contributed by atoms with E-state index in [1.807, 2.05) is 48.7 Å². The SMILES string of the molecule is COc1ccc(CNc2ncc(CN3CCN(c4ccccc4OC)CC3)c3nc(-c4ccco4)nn23)cc1OC. The molecule has 1 aliphatic rings. The monoisotopic (exact) mass is 555 g/mol. The molecule has 0 spiro atoms. The lowest BCUT2D eigenvalue weighted by Crippen LogP contribution is -2.46. The summed E-state index contributed by atoms with van der Waals surface area (Å²) in [5.41, 5.74) is 3.89. The van der Waals surface area contributed by atoms with E-state index >= 15 is 0 Å². The van der Waals surface area contributed by atoms with E-state index in [2.05, 4.69) is 27.2 Å². The molecule has 0 saturated carbocycles. The largest absolute Gasteiger partial charge is 0.495 e. The molecule has 0 bridgehead atoms. The molecular formula is C30H33N7O4. The highest BCUT2D eigenvalue weighted by molar-refractivity contribution is 5.59. The summed E-state index contributed by atoms with van der Waals surface area (Å²) < 4.78 is 23.8. The third-order valence-electron chi connectivity index (χ3n) is 7.27. The van der Waals surface area contributed by atoms with E-state index in [0.29, 0.717) is 42.1 Å². The van der Waals surface area contributed by atoms with Crippen molar-refractivity contribution in [1.82, 2.24) is 24.5 Å². The van der Waals surface area contributed by atoms with Gasteiger partial charge >= 0.3 is 0 Å². The Morgan fingerprint density at radius 2 is 1.68 bits per heavy atom. The number of anilines is 2. The molecule has 6 rings (SSSR count).